The van der Waals surface area contributed by atoms with Gasteiger partial charge in [0, 0.05) is 28.5 Å². The Morgan fingerprint density at radius 2 is 0.900 bits per heavy atom. The van der Waals surface area contributed by atoms with Crippen LogP contribution in [0.15, 0.2) is 121 Å². The smallest absolute Gasteiger partial charge is 0.261 e. The minimum Gasteiger partial charge on any atom is -0.274 e. The van der Waals surface area contributed by atoms with E-state index in [-0.39, 0.29) is 17.2 Å². The number of nitrogens with zero attached hydrogens (tertiary/aromatic N) is 1. The normalized spacial score (nSPS) is 14.3. The number of fused-ring (bicyclic) bond motifs is 3. The van der Waals surface area contributed by atoms with E-state index in [9.17, 15) is 9.59 Å². The van der Waals surface area contributed by atoms with E-state index in [4.69, 9.17) is 0 Å². The van der Waals surface area contributed by atoms with Gasteiger partial charge >= 0.3 is 0 Å². The van der Waals surface area contributed by atoms with Crippen LogP contribution in [-0.2, 0) is 5.41 Å². The van der Waals surface area contributed by atoms with Crippen LogP contribution in [0.2, 0.25) is 0 Å². The van der Waals surface area contributed by atoms with Crippen molar-refractivity contribution in [3.8, 4) is 33.4 Å². The van der Waals surface area contributed by atoms with Gasteiger partial charge in [-0.3, -0.25) is 14.5 Å². The first kappa shape index (κ1) is 38.4. The average Bonchev–Trinajstić information content (AvgIpc) is 3.55. The van der Waals surface area contributed by atoms with E-state index in [1.165, 1.54) is 122 Å². The topological polar surface area (TPSA) is 37.4 Å². The Kier molecular flexibility index (Phi) is 10.0. The molecule has 0 spiro atoms. The molecule has 2 aliphatic rings. The highest BCUT2D eigenvalue weighted by Gasteiger charge is 2.43. The van der Waals surface area contributed by atoms with Crippen molar-refractivity contribution < 1.29 is 9.59 Å². The molecule has 0 fully saturated rings. The largest absolute Gasteiger partial charge is 0.274 e. The summed E-state index contributed by atoms with van der Waals surface area (Å²) in [6.45, 7) is 7.15. The summed E-state index contributed by atoms with van der Waals surface area (Å²) in [5.74, 6) is -0.349. The lowest BCUT2D eigenvalue weighted by Crippen LogP contribution is -2.40. The van der Waals surface area contributed by atoms with Crippen molar-refractivity contribution in [3.63, 3.8) is 0 Å². The predicted octanol–water partition coefficient (Wildman–Crippen LogP) is 15.7. The van der Waals surface area contributed by atoms with E-state index in [1.807, 2.05) is 18.2 Å². The van der Waals surface area contributed by atoms with E-state index in [0.717, 1.165) is 47.6 Å². The molecule has 0 saturated heterocycles. The number of benzene rings is 8. The summed E-state index contributed by atoms with van der Waals surface area (Å²) in [4.78, 5) is 29.1. The highest BCUT2D eigenvalue weighted by Crippen LogP contribution is 2.56. The molecule has 8 aromatic carbocycles. The van der Waals surface area contributed by atoms with Crippen molar-refractivity contribution in [3.05, 3.63) is 144 Å². The second-order valence-electron chi connectivity index (χ2n) is 17.7. The maximum atomic E-state index is 13.8. The first-order valence-corrected chi connectivity index (χ1v) is 22.9. The van der Waals surface area contributed by atoms with Gasteiger partial charge in [-0.25, -0.2) is 0 Å². The van der Waals surface area contributed by atoms with Gasteiger partial charge in [0.1, 0.15) is 0 Å². The molecule has 10 rings (SSSR count). The molecule has 2 amide bonds. The predicted molar refractivity (Wildman–Crippen MR) is 253 cm³/mol. The summed E-state index contributed by atoms with van der Waals surface area (Å²) >= 11 is 0. The molecule has 8 aromatic rings. The zero-order chi connectivity index (χ0) is 41.0. The zero-order valence-corrected chi connectivity index (χ0v) is 35.5. The summed E-state index contributed by atoms with van der Waals surface area (Å²) in [5, 5.41) is 9.70. The molecule has 3 heteroatoms. The van der Waals surface area contributed by atoms with Crippen LogP contribution in [0.4, 0.5) is 0 Å². The number of amides is 2. The summed E-state index contributed by atoms with van der Waals surface area (Å²) in [6, 6.07) is 45.2. The molecular weight excluding hydrogens is 731 g/mol. The van der Waals surface area contributed by atoms with Crippen LogP contribution < -0.4 is 0 Å². The van der Waals surface area contributed by atoms with Crippen LogP contribution in [0.1, 0.15) is 130 Å². The highest BCUT2D eigenvalue weighted by atomic mass is 16.2. The number of imide groups is 1. The molecule has 0 saturated carbocycles. The molecular formula is C57H55NO2. The van der Waals surface area contributed by atoms with E-state index in [1.54, 1.807) is 0 Å². The lowest BCUT2D eigenvalue weighted by Gasteiger charge is -2.33. The number of rotatable bonds is 15. The number of carbonyl (C=O) groups excluding carboxylic acids is 2. The third-order valence-electron chi connectivity index (χ3n) is 14.2. The second-order valence-corrected chi connectivity index (χ2v) is 17.7. The SMILES string of the molecule is CCCCCCC1(CCCCCC)c2cc(-c3ccc4c5c(cccc35)C(=O)N(CCCC)C4=O)ccc2-c2ccc(-c3ccc4ccc5cccc6ccc3c4c56)cc21. The van der Waals surface area contributed by atoms with E-state index in [2.05, 4.69) is 124 Å². The van der Waals surface area contributed by atoms with E-state index < -0.39 is 0 Å². The third-order valence-corrected chi connectivity index (χ3v) is 14.2. The van der Waals surface area contributed by atoms with Crippen molar-refractivity contribution in [2.75, 3.05) is 6.54 Å². The third kappa shape index (κ3) is 6.07. The fraction of sp³-hybridized carbons (Fsp3) is 0.298. The molecule has 300 valence electrons. The zero-order valence-electron chi connectivity index (χ0n) is 35.5. The molecule has 0 bridgehead atoms. The van der Waals surface area contributed by atoms with Crippen molar-refractivity contribution in [2.24, 2.45) is 0 Å². The Morgan fingerprint density at radius 1 is 0.417 bits per heavy atom. The molecule has 0 aromatic heterocycles. The van der Waals surface area contributed by atoms with Gasteiger partial charge in [-0.1, -0.05) is 176 Å². The fourth-order valence-electron chi connectivity index (χ4n) is 11.1. The van der Waals surface area contributed by atoms with Crippen molar-refractivity contribution in [1.82, 2.24) is 4.90 Å². The van der Waals surface area contributed by atoms with Gasteiger partial charge in [-0.15, -0.1) is 0 Å². The van der Waals surface area contributed by atoms with Crippen LogP contribution in [0, 0.1) is 0 Å². The van der Waals surface area contributed by atoms with Gasteiger partial charge < -0.3 is 0 Å². The molecule has 3 nitrogen and oxygen atoms in total. The highest BCUT2D eigenvalue weighted by molar-refractivity contribution is 6.27. The first-order valence-electron chi connectivity index (χ1n) is 22.9. The lowest BCUT2D eigenvalue weighted by molar-refractivity contribution is 0.0608. The second kappa shape index (κ2) is 15.7. The van der Waals surface area contributed by atoms with Gasteiger partial charge in [0.2, 0.25) is 0 Å². The molecule has 1 aliphatic carbocycles. The summed E-state index contributed by atoms with van der Waals surface area (Å²) < 4.78 is 0. The number of hydrogen-bond donors (Lipinski definition) is 0. The Bertz CT molecular complexity index is 2900. The first-order chi connectivity index (χ1) is 29.5. The summed E-state index contributed by atoms with van der Waals surface area (Å²) in [5.41, 5.74) is 11.6. The Morgan fingerprint density at radius 3 is 1.52 bits per heavy atom. The molecule has 0 N–H and O–H groups in total. The van der Waals surface area contributed by atoms with Gasteiger partial charge in [-0.05, 0) is 126 Å². The standard InChI is InChI=1S/C57H55NO2/c1-4-7-10-12-32-57(33-13-11-8-5-2)50-35-40(42-26-22-39-21-20-37-16-14-17-38-23-29-47(42)53(39)52(37)38)24-27-44(50)45-28-25-41(36-51(45)57)43-30-31-49-54-46(43)18-15-19-48(54)55(59)58(56(49)60)34-9-6-3/h14-31,35-36H,4-13,32-34H2,1-3H3. The minimum atomic E-state index is -0.174. The number of hydrogen-bond acceptors (Lipinski definition) is 2. The molecule has 60 heavy (non-hydrogen) atoms. The van der Waals surface area contributed by atoms with Crippen molar-refractivity contribution in [2.45, 2.75) is 103 Å². The number of carbonyl (C=O) groups is 2. The summed E-state index contributed by atoms with van der Waals surface area (Å²) in [7, 11) is 0. The van der Waals surface area contributed by atoms with Crippen LogP contribution >= 0.6 is 0 Å². The van der Waals surface area contributed by atoms with Crippen molar-refractivity contribution >= 4 is 54.9 Å². The number of unbranched alkanes of at least 4 members (excludes halogenated alkanes) is 7. The average molecular weight is 786 g/mol. The van der Waals surface area contributed by atoms with Crippen LogP contribution in [0.3, 0.4) is 0 Å². The molecule has 0 atom stereocenters. The Balaban J connectivity index is 1.14. The van der Waals surface area contributed by atoms with Crippen LogP contribution in [-0.4, -0.2) is 23.3 Å². The van der Waals surface area contributed by atoms with Gasteiger partial charge in [0.25, 0.3) is 11.8 Å². The monoisotopic (exact) mass is 785 g/mol. The van der Waals surface area contributed by atoms with E-state index >= 15 is 0 Å². The fourth-order valence-corrected chi connectivity index (χ4v) is 11.1. The summed E-state index contributed by atoms with van der Waals surface area (Å²) in [6.07, 6.45) is 13.7. The van der Waals surface area contributed by atoms with E-state index in [0.29, 0.717) is 17.7 Å². The maximum absolute atomic E-state index is 13.8. The quantitative estimate of drug-likeness (QED) is 0.0590. The Labute approximate surface area is 354 Å². The molecule has 1 heterocycles. The maximum Gasteiger partial charge on any atom is 0.261 e. The Hall–Kier alpha value is -5.80. The molecule has 0 unspecified atom stereocenters. The van der Waals surface area contributed by atoms with Gasteiger partial charge in [-0.2, -0.15) is 0 Å². The molecule has 1 aliphatic heterocycles. The van der Waals surface area contributed by atoms with Gasteiger partial charge in [0.15, 0.2) is 0 Å². The van der Waals surface area contributed by atoms with Crippen LogP contribution in [0.25, 0.3) is 76.5 Å². The minimum absolute atomic E-state index is 0.125. The lowest BCUT2D eigenvalue weighted by atomic mass is 9.69. The molecule has 0 radical (unpaired) electrons. The van der Waals surface area contributed by atoms with Gasteiger partial charge in [0.05, 0.1) is 0 Å². The van der Waals surface area contributed by atoms with Crippen LogP contribution in [0.5, 0.6) is 0 Å². The van der Waals surface area contributed by atoms with Crippen molar-refractivity contribution in [1.29, 1.82) is 0 Å².